The number of aromatic carboxylic acids is 1. The lowest BCUT2D eigenvalue weighted by Crippen LogP contribution is -2.16. The molecule has 4 heterocycles. The van der Waals surface area contributed by atoms with E-state index in [2.05, 4.69) is 31.5 Å². The van der Waals surface area contributed by atoms with Crippen molar-refractivity contribution in [3.63, 3.8) is 0 Å². The molecule has 3 aromatic heterocycles. The number of thiazole rings is 1. The van der Waals surface area contributed by atoms with E-state index in [0.29, 0.717) is 41.6 Å². The number of nitrogens with one attached hydrogen (secondary N) is 1. The van der Waals surface area contributed by atoms with Gasteiger partial charge in [-0.25, -0.2) is 9.78 Å². The summed E-state index contributed by atoms with van der Waals surface area (Å²) in [6.45, 7) is 2.32. The second kappa shape index (κ2) is 15.0. The third-order valence-corrected chi connectivity index (χ3v) is 12.0. The highest BCUT2D eigenvalue weighted by Gasteiger charge is 2.26. The molecule has 0 spiro atoms. The van der Waals surface area contributed by atoms with Crippen LogP contribution in [0.25, 0.3) is 17.2 Å². The molecule has 2 N–H and O–H groups in total. The predicted molar refractivity (Wildman–Crippen MR) is 212 cm³/mol. The summed E-state index contributed by atoms with van der Waals surface area (Å²) >= 11 is 9.92. The van der Waals surface area contributed by atoms with Gasteiger partial charge in [0.15, 0.2) is 5.82 Å². The van der Waals surface area contributed by atoms with E-state index < -0.39 is 5.97 Å². The van der Waals surface area contributed by atoms with Crippen molar-refractivity contribution in [3.8, 4) is 5.00 Å². The standard InChI is InChI=1S/C41H35ClN6O3S2/c1-24-46-47-36-22-43-39(31-10-2-3-11-34(31)42)33-21-30(53-40(33)48(24)36)16-13-26-12-15-28(32(19-26)41(50)51)20-37(49)44-29-9-4-6-25(18-29)14-17-38-45-35(23-52-38)27-7-5-8-27/h2-4,6,9-12,14-15,17-19,21,23,27H,5,7-8,13,16,20,22H2,1H3,(H,44,49)(H,50,51). The highest BCUT2D eigenvalue weighted by molar-refractivity contribution is 7.15. The maximum atomic E-state index is 13.1. The summed E-state index contributed by atoms with van der Waals surface area (Å²) in [4.78, 5) is 36.3. The van der Waals surface area contributed by atoms with Crippen LogP contribution in [0.15, 0.2) is 83.2 Å². The maximum Gasteiger partial charge on any atom is 0.335 e. The number of hydrogen-bond donors (Lipinski definition) is 2. The number of carbonyl (C=O) groups excluding carboxylic acids is 1. The third kappa shape index (κ3) is 7.50. The van der Waals surface area contributed by atoms with Crippen LogP contribution >= 0.6 is 34.3 Å². The fourth-order valence-corrected chi connectivity index (χ4v) is 8.96. The Kier molecular flexibility index (Phi) is 9.87. The molecule has 2 aliphatic rings. The Labute approximate surface area is 319 Å². The number of rotatable bonds is 11. The molecular weight excluding hydrogens is 724 g/mol. The number of aryl methyl sites for hydroxylation is 3. The van der Waals surface area contributed by atoms with Crippen molar-refractivity contribution in [2.75, 3.05) is 5.32 Å². The van der Waals surface area contributed by atoms with E-state index in [9.17, 15) is 14.7 Å². The number of thiophene rings is 1. The summed E-state index contributed by atoms with van der Waals surface area (Å²) in [6.07, 6.45) is 8.95. The van der Waals surface area contributed by atoms with Gasteiger partial charge in [0.05, 0.1) is 23.4 Å². The topological polar surface area (TPSA) is 122 Å². The Morgan fingerprint density at radius 1 is 1.00 bits per heavy atom. The lowest BCUT2D eigenvalue weighted by Gasteiger charge is -2.22. The first-order chi connectivity index (χ1) is 25.8. The fourth-order valence-electron chi connectivity index (χ4n) is 6.72. The lowest BCUT2D eigenvalue weighted by atomic mass is 9.83. The zero-order valence-corrected chi connectivity index (χ0v) is 31.3. The molecule has 9 nitrogen and oxygen atoms in total. The summed E-state index contributed by atoms with van der Waals surface area (Å²) < 4.78 is 2.06. The molecular formula is C41H35ClN6O3S2. The van der Waals surface area contributed by atoms with Crippen LogP contribution in [0.5, 0.6) is 0 Å². The van der Waals surface area contributed by atoms with Crippen molar-refractivity contribution >= 4 is 69.7 Å². The summed E-state index contributed by atoms with van der Waals surface area (Å²) in [5.41, 5.74) is 6.85. The monoisotopic (exact) mass is 758 g/mol. The van der Waals surface area contributed by atoms with Gasteiger partial charge in [-0.1, -0.05) is 66.6 Å². The van der Waals surface area contributed by atoms with Crippen molar-refractivity contribution in [3.05, 3.63) is 144 Å². The lowest BCUT2D eigenvalue weighted by molar-refractivity contribution is -0.115. The fraction of sp³-hybridized carbons (Fsp3) is 0.220. The summed E-state index contributed by atoms with van der Waals surface area (Å²) in [6, 6.07) is 22.8. The molecule has 8 rings (SSSR count). The van der Waals surface area contributed by atoms with Crippen molar-refractivity contribution in [1.29, 1.82) is 0 Å². The highest BCUT2D eigenvalue weighted by atomic mass is 35.5. The number of aromatic nitrogens is 4. The van der Waals surface area contributed by atoms with E-state index in [1.165, 1.54) is 25.0 Å². The Morgan fingerprint density at radius 2 is 1.87 bits per heavy atom. The molecule has 12 heteroatoms. The van der Waals surface area contributed by atoms with Crippen molar-refractivity contribution in [2.24, 2.45) is 4.99 Å². The SMILES string of the molecule is Cc1nnc2n1-c1sc(CCc3ccc(CC(=O)Nc4cccc(C=Cc5nc(C6CCC6)cs5)c4)c(C(=O)O)c3)cc1C(c1ccccc1Cl)=NC2. The molecule has 0 bridgehead atoms. The number of amides is 1. The second-order valence-electron chi connectivity index (χ2n) is 13.3. The highest BCUT2D eigenvalue weighted by Crippen LogP contribution is 2.37. The van der Waals surface area contributed by atoms with E-state index in [4.69, 9.17) is 21.6 Å². The zero-order valence-electron chi connectivity index (χ0n) is 28.9. The number of nitrogens with zero attached hydrogens (tertiary/aromatic N) is 5. The van der Waals surface area contributed by atoms with Gasteiger partial charge < -0.3 is 10.4 Å². The first-order valence-corrected chi connectivity index (χ1v) is 19.6. The van der Waals surface area contributed by atoms with E-state index in [-0.39, 0.29) is 17.9 Å². The molecule has 1 fully saturated rings. The van der Waals surface area contributed by atoms with Crippen LogP contribution in [0.2, 0.25) is 5.02 Å². The second-order valence-corrected chi connectivity index (χ2v) is 15.7. The van der Waals surface area contributed by atoms with Crippen molar-refractivity contribution in [1.82, 2.24) is 19.7 Å². The molecule has 53 heavy (non-hydrogen) atoms. The van der Waals surface area contributed by atoms with Gasteiger partial charge in [0.25, 0.3) is 0 Å². The maximum absolute atomic E-state index is 13.1. The Balaban J connectivity index is 0.950. The minimum absolute atomic E-state index is 0.0620. The average molecular weight is 759 g/mol. The van der Waals surface area contributed by atoms with Crippen LogP contribution in [0.4, 0.5) is 5.69 Å². The van der Waals surface area contributed by atoms with Gasteiger partial charge in [0, 0.05) is 38.0 Å². The largest absolute Gasteiger partial charge is 0.478 e. The Morgan fingerprint density at radius 3 is 2.68 bits per heavy atom. The number of aliphatic imine (C=N–C) groups is 1. The number of hydrogen-bond acceptors (Lipinski definition) is 8. The van der Waals surface area contributed by atoms with Crippen molar-refractivity contribution in [2.45, 2.75) is 57.9 Å². The normalized spacial score (nSPS) is 14.0. The molecule has 1 aliphatic carbocycles. The van der Waals surface area contributed by atoms with Crippen LogP contribution in [-0.2, 0) is 30.6 Å². The van der Waals surface area contributed by atoms with Crippen LogP contribution in [0.1, 0.15) is 90.6 Å². The number of halogens is 1. The predicted octanol–water partition coefficient (Wildman–Crippen LogP) is 9.20. The smallest absolute Gasteiger partial charge is 0.335 e. The molecule has 0 unspecified atom stereocenters. The van der Waals surface area contributed by atoms with Crippen LogP contribution in [0.3, 0.4) is 0 Å². The molecule has 6 aromatic rings. The first-order valence-electron chi connectivity index (χ1n) is 17.5. The van der Waals surface area contributed by atoms with Gasteiger partial charge in [-0.3, -0.25) is 14.4 Å². The average Bonchev–Trinajstić information content (AvgIpc) is 3.83. The van der Waals surface area contributed by atoms with Gasteiger partial charge in [0.2, 0.25) is 5.91 Å². The minimum atomic E-state index is -1.07. The van der Waals surface area contributed by atoms with Crippen LogP contribution < -0.4 is 5.32 Å². The number of carboxylic acid groups (broad SMARTS) is 1. The number of benzene rings is 3. The van der Waals surface area contributed by atoms with Crippen LogP contribution in [-0.4, -0.2) is 42.4 Å². The molecule has 3 aromatic carbocycles. The number of fused-ring (bicyclic) bond motifs is 3. The van der Waals surface area contributed by atoms with Gasteiger partial charge in [0.1, 0.15) is 22.4 Å². The molecule has 1 amide bonds. The number of anilines is 1. The molecule has 1 aliphatic heterocycles. The molecule has 266 valence electrons. The van der Waals surface area contributed by atoms with Gasteiger partial charge >= 0.3 is 5.97 Å². The molecule has 0 radical (unpaired) electrons. The Hall–Kier alpha value is -5.23. The summed E-state index contributed by atoms with van der Waals surface area (Å²) in [5, 5.41) is 26.5. The molecule has 1 saturated carbocycles. The van der Waals surface area contributed by atoms with Gasteiger partial charge in [-0.15, -0.1) is 32.9 Å². The zero-order chi connectivity index (χ0) is 36.5. The first kappa shape index (κ1) is 34.8. The van der Waals surface area contributed by atoms with Crippen LogP contribution in [0, 0.1) is 6.92 Å². The van der Waals surface area contributed by atoms with E-state index in [1.807, 2.05) is 73.7 Å². The minimum Gasteiger partial charge on any atom is -0.478 e. The molecule has 0 saturated heterocycles. The van der Waals surface area contributed by atoms with E-state index in [0.717, 1.165) is 54.5 Å². The van der Waals surface area contributed by atoms with E-state index in [1.54, 1.807) is 34.8 Å². The van der Waals surface area contributed by atoms with Gasteiger partial charge in [-0.05, 0) is 85.7 Å². The number of carbonyl (C=O) groups is 2. The molecule has 0 atom stereocenters. The Bertz CT molecular complexity index is 2420. The van der Waals surface area contributed by atoms with E-state index >= 15 is 0 Å². The number of carboxylic acids is 1. The summed E-state index contributed by atoms with van der Waals surface area (Å²) in [7, 11) is 0. The quantitative estimate of drug-likeness (QED) is 0.136. The summed E-state index contributed by atoms with van der Waals surface area (Å²) in [5.74, 6) is 0.796. The van der Waals surface area contributed by atoms with Gasteiger partial charge in [-0.2, -0.15) is 0 Å². The third-order valence-electron chi connectivity index (χ3n) is 9.69. The van der Waals surface area contributed by atoms with Crippen molar-refractivity contribution < 1.29 is 14.7 Å².